The van der Waals surface area contributed by atoms with E-state index in [1.807, 2.05) is 4.90 Å². The summed E-state index contributed by atoms with van der Waals surface area (Å²) in [7, 11) is 3.30. The average Bonchev–Trinajstić information content (AvgIpc) is 3.32. The molecule has 1 amide bonds. The minimum absolute atomic E-state index is 0.0414. The quantitative estimate of drug-likeness (QED) is 0.757. The molecule has 0 bridgehead atoms. The summed E-state index contributed by atoms with van der Waals surface area (Å²) in [5.41, 5.74) is 0.749. The van der Waals surface area contributed by atoms with Crippen molar-refractivity contribution in [3.63, 3.8) is 0 Å². The highest BCUT2D eigenvalue weighted by atomic mass is 16.5. The molecular formula is C16H21N3O5. The first-order valence-electron chi connectivity index (χ1n) is 7.87. The van der Waals surface area contributed by atoms with Gasteiger partial charge in [-0.3, -0.25) is 4.79 Å². The van der Waals surface area contributed by atoms with Crippen LogP contribution in [0.15, 0.2) is 27.5 Å². The molecule has 2 atom stereocenters. The Bertz CT molecular complexity index is 654. The highest BCUT2D eigenvalue weighted by Crippen LogP contribution is 2.22. The number of amides is 1. The van der Waals surface area contributed by atoms with E-state index in [0.29, 0.717) is 37.7 Å². The van der Waals surface area contributed by atoms with Gasteiger partial charge in [0.1, 0.15) is 6.26 Å². The second kappa shape index (κ2) is 7.59. The maximum atomic E-state index is 12.5. The highest BCUT2D eigenvalue weighted by Gasteiger charge is 2.35. The van der Waals surface area contributed by atoms with Gasteiger partial charge in [-0.2, -0.15) is 4.98 Å². The number of carbonyl (C=O) groups is 1. The lowest BCUT2D eigenvalue weighted by Crippen LogP contribution is -2.38. The van der Waals surface area contributed by atoms with Crippen LogP contribution in [0.2, 0.25) is 0 Å². The van der Waals surface area contributed by atoms with Crippen molar-refractivity contribution in [3.8, 4) is 11.4 Å². The van der Waals surface area contributed by atoms with E-state index in [-0.39, 0.29) is 18.1 Å². The largest absolute Gasteiger partial charge is 0.472 e. The third-order valence-electron chi connectivity index (χ3n) is 4.19. The summed E-state index contributed by atoms with van der Waals surface area (Å²) in [5.74, 6) is 0.939. The Labute approximate surface area is 139 Å². The van der Waals surface area contributed by atoms with Crippen molar-refractivity contribution in [3.05, 3.63) is 24.5 Å². The van der Waals surface area contributed by atoms with Crippen LogP contribution in [0.3, 0.4) is 0 Å². The highest BCUT2D eigenvalue weighted by molar-refractivity contribution is 5.77. The van der Waals surface area contributed by atoms with Crippen molar-refractivity contribution in [1.82, 2.24) is 15.0 Å². The molecule has 0 unspecified atom stereocenters. The number of likely N-dealkylation sites (tertiary alicyclic amines) is 1. The predicted octanol–water partition coefficient (Wildman–Crippen LogP) is 1.52. The van der Waals surface area contributed by atoms with Crippen molar-refractivity contribution < 1.29 is 23.2 Å². The molecule has 3 heterocycles. The lowest BCUT2D eigenvalue weighted by atomic mass is 10.2. The zero-order valence-electron chi connectivity index (χ0n) is 13.8. The smallest absolute Gasteiger partial charge is 0.227 e. The van der Waals surface area contributed by atoms with Gasteiger partial charge in [-0.05, 0) is 12.5 Å². The standard InChI is InChI=1S/C16H21N3O5/c1-21-10-12-7-13(22-2)8-19(12)15(20)4-3-14-17-16(18-24-14)11-5-6-23-9-11/h5-6,9,12-13H,3-4,7-8,10H2,1-2H3/t12-,13-/m0/s1. The maximum absolute atomic E-state index is 12.5. The van der Waals surface area contributed by atoms with Gasteiger partial charge >= 0.3 is 0 Å². The Kier molecular flexibility index (Phi) is 5.27. The zero-order valence-corrected chi connectivity index (χ0v) is 13.8. The molecule has 130 valence electrons. The molecule has 0 aromatic carbocycles. The summed E-state index contributed by atoms with van der Waals surface area (Å²) in [4.78, 5) is 18.6. The van der Waals surface area contributed by atoms with Gasteiger partial charge in [-0.1, -0.05) is 5.16 Å². The number of aryl methyl sites for hydroxylation is 1. The molecule has 0 N–H and O–H groups in total. The second-order valence-corrected chi connectivity index (χ2v) is 5.77. The minimum atomic E-state index is 0.0414. The molecule has 1 aliphatic heterocycles. The molecule has 0 aliphatic carbocycles. The van der Waals surface area contributed by atoms with E-state index in [4.69, 9.17) is 18.4 Å². The van der Waals surface area contributed by atoms with E-state index >= 15 is 0 Å². The zero-order chi connectivity index (χ0) is 16.9. The molecule has 0 radical (unpaired) electrons. The molecule has 2 aromatic rings. The fourth-order valence-corrected chi connectivity index (χ4v) is 2.92. The first-order valence-corrected chi connectivity index (χ1v) is 7.87. The van der Waals surface area contributed by atoms with Crippen LogP contribution in [-0.2, 0) is 20.7 Å². The van der Waals surface area contributed by atoms with Crippen LogP contribution in [0.1, 0.15) is 18.7 Å². The number of nitrogens with zero attached hydrogens (tertiary/aromatic N) is 3. The van der Waals surface area contributed by atoms with Crippen molar-refractivity contribution in [2.45, 2.75) is 31.4 Å². The van der Waals surface area contributed by atoms with E-state index in [0.717, 1.165) is 12.0 Å². The number of ether oxygens (including phenoxy) is 2. The first kappa shape index (κ1) is 16.7. The third-order valence-corrected chi connectivity index (χ3v) is 4.19. The number of hydrogen-bond acceptors (Lipinski definition) is 7. The fraction of sp³-hybridized carbons (Fsp3) is 0.562. The first-order chi connectivity index (χ1) is 11.7. The monoisotopic (exact) mass is 335 g/mol. The summed E-state index contributed by atoms with van der Waals surface area (Å²) < 4.78 is 20.8. The molecule has 1 saturated heterocycles. The number of hydrogen-bond donors (Lipinski definition) is 0. The Balaban J connectivity index is 1.57. The van der Waals surface area contributed by atoms with Gasteiger partial charge in [0.2, 0.25) is 17.6 Å². The maximum Gasteiger partial charge on any atom is 0.227 e. The Morgan fingerprint density at radius 3 is 3.04 bits per heavy atom. The molecule has 8 heteroatoms. The predicted molar refractivity (Wildman–Crippen MR) is 83.1 cm³/mol. The lowest BCUT2D eigenvalue weighted by molar-refractivity contribution is -0.133. The SMILES string of the molecule is COC[C@@H]1C[C@H](OC)CN1C(=O)CCc1nc(-c2ccoc2)no1. The average molecular weight is 335 g/mol. The van der Waals surface area contributed by atoms with Crippen LogP contribution in [0.25, 0.3) is 11.4 Å². The number of aromatic nitrogens is 2. The van der Waals surface area contributed by atoms with E-state index < -0.39 is 0 Å². The van der Waals surface area contributed by atoms with Crippen molar-refractivity contribution in [2.24, 2.45) is 0 Å². The van der Waals surface area contributed by atoms with Gasteiger partial charge in [-0.25, -0.2) is 0 Å². The molecule has 2 aromatic heterocycles. The van der Waals surface area contributed by atoms with Crippen molar-refractivity contribution >= 4 is 5.91 Å². The number of furan rings is 1. The number of rotatable bonds is 7. The number of methoxy groups -OCH3 is 2. The van der Waals surface area contributed by atoms with Gasteiger partial charge in [0.15, 0.2) is 0 Å². The molecular weight excluding hydrogens is 314 g/mol. The van der Waals surface area contributed by atoms with Gasteiger partial charge in [0, 0.05) is 33.6 Å². The summed E-state index contributed by atoms with van der Waals surface area (Å²) in [5, 5.41) is 3.89. The summed E-state index contributed by atoms with van der Waals surface area (Å²) >= 11 is 0. The molecule has 3 rings (SSSR count). The van der Waals surface area contributed by atoms with Crippen LogP contribution in [0, 0.1) is 0 Å². The Morgan fingerprint density at radius 2 is 2.33 bits per heavy atom. The molecule has 0 spiro atoms. The number of carbonyl (C=O) groups excluding carboxylic acids is 1. The summed E-state index contributed by atoms with van der Waals surface area (Å²) in [6.07, 6.45) is 4.65. The summed E-state index contributed by atoms with van der Waals surface area (Å²) in [6.45, 7) is 1.10. The van der Waals surface area contributed by atoms with E-state index in [9.17, 15) is 4.79 Å². The van der Waals surface area contributed by atoms with Gasteiger partial charge in [0.25, 0.3) is 0 Å². The second-order valence-electron chi connectivity index (χ2n) is 5.77. The van der Waals surface area contributed by atoms with Crippen LogP contribution >= 0.6 is 0 Å². The van der Waals surface area contributed by atoms with Crippen LogP contribution in [0.4, 0.5) is 0 Å². The minimum Gasteiger partial charge on any atom is -0.472 e. The lowest BCUT2D eigenvalue weighted by Gasteiger charge is -2.23. The molecule has 1 fully saturated rings. The summed E-state index contributed by atoms with van der Waals surface area (Å²) in [6, 6.07) is 1.81. The topological polar surface area (TPSA) is 90.8 Å². The van der Waals surface area contributed by atoms with Crippen molar-refractivity contribution in [1.29, 1.82) is 0 Å². The van der Waals surface area contributed by atoms with Crippen LogP contribution in [-0.4, -0.2) is 60.5 Å². The van der Waals surface area contributed by atoms with Gasteiger partial charge in [0.05, 0.1) is 30.6 Å². The van der Waals surface area contributed by atoms with Crippen LogP contribution < -0.4 is 0 Å². The van der Waals surface area contributed by atoms with Gasteiger partial charge < -0.3 is 23.3 Å². The molecule has 8 nitrogen and oxygen atoms in total. The third kappa shape index (κ3) is 3.65. The fourth-order valence-electron chi connectivity index (χ4n) is 2.92. The van der Waals surface area contributed by atoms with Gasteiger partial charge in [-0.15, -0.1) is 0 Å². The molecule has 24 heavy (non-hydrogen) atoms. The van der Waals surface area contributed by atoms with Crippen molar-refractivity contribution in [2.75, 3.05) is 27.4 Å². The van der Waals surface area contributed by atoms with E-state index in [1.54, 1.807) is 32.8 Å². The van der Waals surface area contributed by atoms with E-state index in [1.165, 1.54) is 0 Å². The Morgan fingerprint density at radius 1 is 1.46 bits per heavy atom. The Hall–Kier alpha value is -2.19. The van der Waals surface area contributed by atoms with Crippen LogP contribution in [0.5, 0.6) is 0 Å². The molecule has 1 aliphatic rings. The normalized spacial score (nSPS) is 20.7. The van der Waals surface area contributed by atoms with E-state index in [2.05, 4.69) is 10.1 Å². The molecule has 0 saturated carbocycles.